The van der Waals surface area contributed by atoms with Gasteiger partial charge in [-0.1, -0.05) is 51.8 Å². The Kier molecular flexibility index (Phi) is 8.15. The molecule has 3 aliphatic carbocycles. The van der Waals surface area contributed by atoms with Crippen LogP contribution in [0.3, 0.4) is 0 Å². The number of nitrogens with one attached hydrogen (secondary N) is 1. The van der Waals surface area contributed by atoms with Gasteiger partial charge in [-0.05, 0) is 60.8 Å². The minimum absolute atomic E-state index is 0.0732. The number of allylic oxidation sites excluding steroid dienone is 4. The van der Waals surface area contributed by atoms with E-state index in [1.54, 1.807) is 5.57 Å². The van der Waals surface area contributed by atoms with Crippen LogP contribution in [0.1, 0.15) is 66.2 Å². The van der Waals surface area contributed by atoms with Gasteiger partial charge in [-0.3, -0.25) is 4.79 Å². The lowest BCUT2D eigenvalue weighted by atomic mass is 9.46. The smallest absolute Gasteiger partial charge is 0.271 e. The van der Waals surface area contributed by atoms with Crippen LogP contribution in [-0.2, 0) is 4.79 Å². The number of hydrogen-bond acceptors (Lipinski definition) is 5. The average molecular weight is 452 g/mol. The third-order valence-corrected chi connectivity index (χ3v) is 8.16. The van der Waals surface area contributed by atoms with Gasteiger partial charge in [0.25, 0.3) is 5.91 Å². The normalized spacial score (nSPS) is 31.9. The van der Waals surface area contributed by atoms with E-state index >= 15 is 0 Å². The number of quaternary nitrogens is 1. The highest BCUT2D eigenvalue weighted by molar-refractivity contribution is 5.82. The van der Waals surface area contributed by atoms with Gasteiger partial charge in [-0.25, -0.2) is 10.0 Å². The Bertz CT molecular complexity index is 772. The van der Waals surface area contributed by atoms with Crippen molar-refractivity contribution in [1.82, 2.24) is 5.43 Å². The predicted molar refractivity (Wildman–Crippen MR) is 124 cm³/mol. The number of aliphatic hydroxyl groups is 1. The van der Waals surface area contributed by atoms with Crippen LogP contribution in [0.4, 0.5) is 0 Å². The molecule has 8 nitrogen and oxygen atoms in total. The van der Waals surface area contributed by atoms with Crippen molar-refractivity contribution in [3.8, 4) is 0 Å². The molecule has 0 heterocycles. The molecule has 1 saturated carbocycles. The second-order valence-electron chi connectivity index (χ2n) is 11.0. The molecule has 2 N–H and O–H groups in total. The Morgan fingerprint density at radius 3 is 2.50 bits per heavy atom. The van der Waals surface area contributed by atoms with Gasteiger partial charge in [0, 0.05) is 0 Å². The molecule has 4 atom stereocenters. The summed E-state index contributed by atoms with van der Waals surface area (Å²) >= 11 is 0. The van der Waals surface area contributed by atoms with Gasteiger partial charge in [0.2, 0.25) is 0 Å². The van der Waals surface area contributed by atoms with Gasteiger partial charge >= 0.3 is 0 Å². The molecule has 3 aliphatic rings. The summed E-state index contributed by atoms with van der Waals surface area (Å²) in [6, 6.07) is 0. The minimum Gasteiger partial charge on any atom is -0.390 e. The molecule has 0 aromatic heterocycles. The molecular weight excluding hydrogens is 410 g/mol. The zero-order chi connectivity index (χ0) is 24.3. The Balaban J connectivity index is 0.000000837. The highest BCUT2D eigenvalue weighted by Crippen LogP contribution is 2.62. The zero-order valence-corrected chi connectivity index (χ0v) is 20.5. The van der Waals surface area contributed by atoms with E-state index in [9.17, 15) is 9.90 Å². The van der Waals surface area contributed by atoms with Crippen molar-refractivity contribution in [1.29, 1.82) is 0 Å². The first-order valence-corrected chi connectivity index (χ1v) is 11.8. The van der Waals surface area contributed by atoms with Crippen LogP contribution in [0.25, 0.3) is 0 Å². The summed E-state index contributed by atoms with van der Waals surface area (Å²) in [5, 5.41) is 24.1. The van der Waals surface area contributed by atoms with Crippen LogP contribution >= 0.6 is 0 Å². The summed E-state index contributed by atoms with van der Waals surface area (Å²) in [4.78, 5) is 21.7. The molecule has 1 fully saturated rings. The first-order chi connectivity index (χ1) is 14.8. The summed E-state index contributed by atoms with van der Waals surface area (Å²) in [5.41, 5.74) is 6.19. The molecule has 0 spiro atoms. The van der Waals surface area contributed by atoms with E-state index in [4.69, 9.17) is 15.3 Å². The molecule has 0 bridgehead atoms. The van der Waals surface area contributed by atoms with E-state index < -0.39 is 5.09 Å². The Labute approximate surface area is 192 Å². The fraction of sp³-hybridized carbons (Fsp3) is 0.792. The lowest BCUT2D eigenvalue weighted by molar-refractivity contribution is -0.925. The van der Waals surface area contributed by atoms with Crippen molar-refractivity contribution in [2.24, 2.45) is 28.6 Å². The number of amides is 1. The number of fused-ring (bicyclic) bond motifs is 3. The van der Waals surface area contributed by atoms with Gasteiger partial charge < -0.3 is 20.4 Å². The summed E-state index contributed by atoms with van der Waals surface area (Å²) in [7, 11) is 3.91. The third-order valence-electron chi connectivity index (χ3n) is 8.16. The highest BCUT2D eigenvalue weighted by atomic mass is 16.9. The average Bonchev–Trinajstić information content (AvgIpc) is 2.66. The maximum Gasteiger partial charge on any atom is 0.271 e. The standard InChI is InChI=1S/C24H40N2O2.NO3/c1-17(2)18-8-10-20-19(16-18)9-11-21-23(20,3)12-7-13-24(21,4)22(28)25-26(5,6)14-15-27;2-1(3)4/h9,16-17,20-21,27H,7-8,10-15H2,1-6H3;/q;-1/p+1/t20-,21?,23-,24+;/m1./s1. The number of carbonyl (C=O) groups is 1. The lowest BCUT2D eigenvalue weighted by Crippen LogP contribution is -2.62. The van der Waals surface area contributed by atoms with E-state index in [1.807, 2.05) is 14.1 Å². The van der Waals surface area contributed by atoms with Crippen molar-refractivity contribution in [2.45, 2.75) is 66.2 Å². The second kappa shape index (κ2) is 9.91. The minimum atomic E-state index is -1.75. The summed E-state index contributed by atoms with van der Waals surface area (Å²) < 4.78 is 0.333. The Morgan fingerprint density at radius 1 is 1.31 bits per heavy atom. The molecule has 0 saturated heterocycles. The summed E-state index contributed by atoms with van der Waals surface area (Å²) in [6.07, 6.45) is 11.7. The first kappa shape index (κ1) is 26.3. The number of hydrogen-bond donors (Lipinski definition) is 2. The lowest BCUT2D eigenvalue weighted by Gasteiger charge is -2.57. The molecular formula is C24H41N3O5. The van der Waals surface area contributed by atoms with Gasteiger partial charge in [-0.2, -0.15) is 0 Å². The number of nitrogens with zero attached hydrogens (tertiary/aromatic N) is 2. The van der Waals surface area contributed by atoms with Crippen molar-refractivity contribution in [2.75, 3.05) is 27.2 Å². The van der Waals surface area contributed by atoms with Crippen LogP contribution < -0.4 is 5.43 Å². The van der Waals surface area contributed by atoms with Gasteiger partial charge in [-0.15, -0.1) is 0 Å². The topological polar surface area (TPSA) is 116 Å². The van der Waals surface area contributed by atoms with Gasteiger partial charge in [0.1, 0.15) is 6.54 Å². The summed E-state index contributed by atoms with van der Waals surface area (Å²) in [6.45, 7) is 9.86. The molecule has 0 aromatic carbocycles. The van der Waals surface area contributed by atoms with Crippen molar-refractivity contribution in [3.05, 3.63) is 38.6 Å². The molecule has 0 aromatic rings. The van der Waals surface area contributed by atoms with Crippen LogP contribution in [0.15, 0.2) is 23.3 Å². The van der Waals surface area contributed by atoms with E-state index in [0.717, 1.165) is 19.3 Å². The number of rotatable bonds is 5. The predicted octanol–water partition coefficient (Wildman–Crippen LogP) is 3.98. The zero-order valence-electron chi connectivity index (χ0n) is 20.5. The third kappa shape index (κ3) is 5.52. The Morgan fingerprint density at radius 2 is 1.94 bits per heavy atom. The molecule has 8 heteroatoms. The monoisotopic (exact) mass is 451 g/mol. The molecule has 1 unspecified atom stereocenters. The Hall–Kier alpha value is -1.93. The molecule has 0 radical (unpaired) electrons. The fourth-order valence-corrected chi connectivity index (χ4v) is 6.32. The van der Waals surface area contributed by atoms with Crippen molar-refractivity contribution in [3.63, 3.8) is 0 Å². The maximum absolute atomic E-state index is 13.5. The van der Waals surface area contributed by atoms with E-state index in [-0.39, 0.29) is 23.3 Å². The number of aliphatic hydroxyl groups excluding tert-OH is 1. The first-order valence-electron chi connectivity index (χ1n) is 11.8. The van der Waals surface area contributed by atoms with Gasteiger partial charge in [0.05, 0.1) is 31.2 Å². The maximum atomic E-state index is 13.5. The van der Waals surface area contributed by atoms with Gasteiger partial charge in [0.15, 0.2) is 0 Å². The fourth-order valence-electron chi connectivity index (χ4n) is 6.32. The van der Waals surface area contributed by atoms with Crippen molar-refractivity contribution < 1.29 is 19.6 Å². The second-order valence-corrected chi connectivity index (χ2v) is 11.0. The molecule has 182 valence electrons. The highest BCUT2D eigenvalue weighted by Gasteiger charge is 2.57. The number of likely N-dealkylation sites (N-methyl/N-ethyl adjacent to an activating group) is 1. The molecule has 3 rings (SSSR count). The van der Waals surface area contributed by atoms with Crippen LogP contribution in [-0.4, -0.2) is 47.9 Å². The quantitative estimate of drug-likeness (QED) is 0.373. The largest absolute Gasteiger partial charge is 0.390 e. The van der Waals surface area contributed by atoms with Crippen LogP contribution in [0.5, 0.6) is 0 Å². The molecule has 1 amide bonds. The van der Waals surface area contributed by atoms with Crippen molar-refractivity contribution >= 4 is 5.91 Å². The number of carbonyl (C=O) groups excluding carboxylic acids is 1. The van der Waals surface area contributed by atoms with Crippen LogP contribution in [0.2, 0.25) is 0 Å². The molecule has 0 aliphatic heterocycles. The SMILES string of the molecule is CC(C)C1=CC2=CCC3[C@](C)(CCC[C@]3(C)C(=O)N[N+](C)(C)CCO)[C@@H]2CC1.O=[N+]([O-])[O-]. The molecule has 32 heavy (non-hydrogen) atoms. The van der Waals surface area contributed by atoms with Crippen LogP contribution in [0, 0.1) is 43.9 Å². The summed E-state index contributed by atoms with van der Waals surface area (Å²) in [5.74, 6) is 1.75. The van der Waals surface area contributed by atoms with E-state index in [2.05, 4.69) is 45.3 Å². The van der Waals surface area contributed by atoms with E-state index in [0.29, 0.717) is 28.9 Å². The van der Waals surface area contributed by atoms with E-state index in [1.165, 1.54) is 24.8 Å².